The normalized spacial score (nSPS) is 16.9. The number of phenols is 1. The van der Waals surface area contributed by atoms with Gasteiger partial charge in [0.1, 0.15) is 11.3 Å². The average Bonchev–Trinajstić information content (AvgIpc) is 2.69. The molecule has 0 bridgehead atoms. The van der Waals surface area contributed by atoms with E-state index in [1.807, 2.05) is 0 Å². The Kier molecular flexibility index (Phi) is 3.90. The van der Waals surface area contributed by atoms with E-state index in [-0.39, 0.29) is 16.2 Å². The zero-order valence-corrected chi connectivity index (χ0v) is 10.8. The Balaban J connectivity index is 2.18. The van der Waals surface area contributed by atoms with Gasteiger partial charge in [0, 0.05) is 0 Å². The van der Waals surface area contributed by atoms with Crippen molar-refractivity contribution in [3.05, 3.63) is 46.4 Å². The standard InChI is InChI=1S/C13H9NO5S/c15-9-5-4-7(6-8(9)12(17)18)2-1-3-10-11(16)14-13(19)20-10/h1-6,15H,(H,17,18)(H,14,16,19). The summed E-state index contributed by atoms with van der Waals surface area (Å²) in [7, 11) is 0. The number of aromatic hydroxyl groups is 1. The van der Waals surface area contributed by atoms with Crippen molar-refractivity contribution in [3.8, 4) is 5.75 Å². The van der Waals surface area contributed by atoms with Crippen LogP contribution in [0, 0.1) is 0 Å². The first-order valence-electron chi connectivity index (χ1n) is 5.45. The van der Waals surface area contributed by atoms with E-state index < -0.39 is 17.1 Å². The van der Waals surface area contributed by atoms with E-state index in [2.05, 4.69) is 5.32 Å². The molecule has 1 saturated heterocycles. The third kappa shape index (κ3) is 3.07. The Morgan fingerprint density at radius 3 is 2.65 bits per heavy atom. The fourth-order valence-electron chi connectivity index (χ4n) is 1.51. The van der Waals surface area contributed by atoms with Gasteiger partial charge in [0.2, 0.25) is 0 Å². The fraction of sp³-hybridized carbons (Fsp3) is 0. The summed E-state index contributed by atoms with van der Waals surface area (Å²) in [5, 5.41) is 19.9. The van der Waals surface area contributed by atoms with Gasteiger partial charge < -0.3 is 10.2 Å². The summed E-state index contributed by atoms with van der Waals surface area (Å²) >= 11 is 0.795. The van der Waals surface area contributed by atoms with Crippen LogP contribution in [0.25, 0.3) is 6.08 Å². The number of carboxylic acids is 1. The summed E-state index contributed by atoms with van der Waals surface area (Å²) in [6.45, 7) is 0. The predicted octanol–water partition coefficient (Wildman–Crippen LogP) is 1.97. The number of imide groups is 1. The molecule has 0 saturated carbocycles. The smallest absolute Gasteiger partial charge is 0.339 e. The Morgan fingerprint density at radius 2 is 2.05 bits per heavy atom. The number of carbonyl (C=O) groups excluding carboxylic acids is 2. The van der Waals surface area contributed by atoms with E-state index in [1.54, 1.807) is 6.08 Å². The van der Waals surface area contributed by atoms with Gasteiger partial charge in [-0.3, -0.25) is 14.9 Å². The zero-order chi connectivity index (χ0) is 14.7. The number of nitrogens with one attached hydrogen (secondary N) is 1. The Bertz CT molecular complexity index is 663. The summed E-state index contributed by atoms with van der Waals surface area (Å²) in [5.74, 6) is -2.00. The highest BCUT2D eigenvalue weighted by Gasteiger charge is 2.24. The lowest BCUT2D eigenvalue weighted by Crippen LogP contribution is -2.17. The van der Waals surface area contributed by atoms with Crippen LogP contribution < -0.4 is 5.32 Å². The lowest BCUT2D eigenvalue weighted by atomic mass is 10.1. The van der Waals surface area contributed by atoms with Crippen molar-refractivity contribution in [2.24, 2.45) is 0 Å². The van der Waals surface area contributed by atoms with Gasteiger partial charge in [-0.25, -0.2) is 4.79 Å². The van der Waals surface area contributed by atoms with Crippen LogP contribution in [0.4, 0.5) is 4.79 Å². The van der Waals surface area contributed by atoms with Crippen molar-refractivity contribution < 1.29 is 24.6 Å². The maximum atomic E-state index is 11.2. The monoisotopic (exact) mass is 291 g/mol. The van der Waals surface area contributed by atoms with Gasteiger partial charge in [-0.1, -0.05) is 18.2 Å². The summed E-state index contributed by atoms with van der Waals surface area (Å²) in [6, 6.07) is 4.11. The van der Waals surface area contributed by atoms with Crippen LogP contribution in [-0.2, 0) is 4.79 Å². The van der Waals surface area contributed by atoms with E-state index in [0.717, 1.165) is 11.8 Å². The third-order valence-corrected chi connectivity index (χ3v) is 3.26. The molecule has 0 radical (unpaired) electrons. The first-order chi connectivity index (χ1) is 9.47. The van der Waals surface area contributed by atoms with Crippen LogP contribution in [0.5, 0.6) is 5.75 Å². The molecule has 102 valence electrons. The Labute approximate surface area is 117 Å². The first-order valence-corrected chi connectivity index (χ1v) is 6.27. The van der Waals surface area contributed by atoms with E-state index >= 15 is 0 Å². The van der Waals surface area contributed by atoms with Gasteiger partial charge in [-0.15, -0.1) is 0 Å². The van der Waals surface area contributed by atoms with E-state index in [1.165, 1.54) is 30.4 Å². The predicted molar refractivity (Wildman–Crippen MR) is 73.3 cm³/mol. The second kappa shape index (κ2) is 5.62. The van der Waals surface area contributed by atoms with E-state index in [0.29, 0.717) is 5.56 Å². The molecule has 0 unspecified atom stereocenters. The van der Waals surface area contributed by atoms with Crippen LogP contribution in [0.1, 0.15) is 15.9 Å². The van der Waals surface area contributed by atoms with Crippen LogP contribution in [0.2, 0.25) is 0 Å². The molecule has 7 heteroatoms. The van der Waals surface area contributed by atoms with Crippen molar-refractivity contribution in [3.63, 3.8) is 0 Å². The number of hydrogen-bond donors (Lipinski definition) is 3. The largest absolute Gasteiger partial charge is 0.507 e. The molecule has 0 aromatic heterocycles. The van der Waals surface area contributed by atoms with Gasteiger partial charge in [-0.2, -0.15) is 0 Å². The summed E-state index contributed by atoms with van der Waals surface area (Å²) in [5.41, 5.74) is 0.342. The second-order valence-electron chi connectivity index (χ2n) is 3.82. The number of thioether (sulfide) groups is 1. The highest BCUT2D eigenvalue weighted by atomic mass is 32.2. The molecule has 20 heavy (non-hydrogen) atoms. The van der Waals surface area contributed by atoms with Gasteiger partial charge in [0.25, 0.3) is 11.1 Å². The van der Waals surface area contributed by atoms with Crippen LogP contribution in [-0.4, -0.2) is 27.3 Å². The van der Waals surface area contributed by atoms with Gasteiger partial charge in [0.05, 0.1) is 4.91 Å². The molecule has 1 aromatic rings. The minimum Gasteiger partial charge on any atom is -0.507 e. The molecule has 6 nitrogen and oxygen atoms in total. The van der Waals surface area contributed by atoms with Crippen molar-refractivity contribution in [2.45, 2.75) is 0 Å². The number of amides is 2. The highest BCUT2D eigenvalue weighted by molar-refractivity contribution is 8.18. The maximum absolute atomic E-state index is 11.2. The zero-order valence-electron chi connectivity index (χ0n) is 9.99. The molecule has 2 amide bonds. The molecule has 1 fully saturated rings. The van der Waals surface area contributed by atoms with Gasteiger partial charge in [-0.05, 0) is 35.5 Å². The maximum Gasteiger partial charge on any atom is 0.339 e. The number of carbonyl (C=O) groups is 3. The minimum atomic E-state index is -1.23. The quantitative estimate of drug-likeness (QED) is 0.736. The topological polar surface area (TPSA) is 104 Å². The van der Waals surface area contributed by atoms with E-state index in [4.69, 9.17) is 5.11 Å². The molecular formula is C13H9NO5S. The van der Waals surface area contributed by atoms with Crippen molar-refractivity contribution in [1.82, 2.24) is 5.32 Å². The lowest BCUT2D eigenvalue weighted by molar-refractivity contribution is -0.115. The highest BCUT2D eigenvalue weighted by Crippen LogP contribution is 2.23. The van der Waals surface area contributed by atoms with Gasteiger partial charge in [0.15, 0.2) is 0 Å². The Hall–Kier alpha value is -2.54. The van der Waals surface area contributed by atoms with Gasteiger partial charge >= 0.3 is 5.97 Å². The van der Waals surface area contributed by atoms with Crippen molar-refractivity contribution in [2.75, 3.05) is 0 Å². The third-order valence-electron chi connectivity index (χ3n) is 2.43. The number of benzene rings is 1. The summed E-state index contributed by atoms with van der Waals surface area (Å²) in [4.78, 5) is 33.3. The number of aromatic carboxylic acids is 1. The minimum absolute atomic E-state index is 0.206. The average molecular weight is 291 g/mol. The number of carboxylic acid groups (broad SMARTS) is 1. The summed E-state index contributed by atoms with van der Waals surface area (Å²) in [6.07, 6.45) is 4.55. The number of rotatable bonds is 3. The first kappa shape index (κ1) is 13.9. The molecule has 1 aromatic carbocycles. The van der Waals surface area contributed by atoms with Crippen LogP contribution in [0.3, 0.4) is 0 Å². The van der Waals surface area contributed by atoms with Crippen molar-refractivity contribution in [1.29, 1.82) is 0 Å². The lowest BCUT2D eigenvalue weighted by Gasteiger charge is -2.00. The molecular weight excluding hydrogens is 282 g/mol. The molecule has 0 spiro atoms. The SMILES string of the molecule is O=C1NC(=O)C(=CC=Cc2ccc(O)c(C(=O)O)c2)S1. The molecule has 3 N–H and O–H groups in total. The number of hydrogen-bond acceptors (Lipinski definition) is 5. The number of allylic oxidation sites excluding steroid dienone is 2. The summed E-state index contributed by atoms with van der Waals surface area (Å²) < 4.78 is 0. The van der Waals surface area contributed by atoms with Crippen LogP contribution in [0.15, 0.2) is 35.3 Å². The molecule has 1 aliphatic heterocycles. The molecule has 0 atom stereocenters. The molecule has 1 aliphatic rings. The fourth-order valence-corrected chi connectivity index (χ4v) is 2.14. The molecule has 0 aliphatic carbocycles. The molecule has 1 heterocycles. The van der Waals surface area contributed by atoms with Crippen LogP contribution >= 0.6 is 11.8 Å². The van der Waals surface area contributed by atoms with E-state index in [9.17, 15) is 19.5 Å². The Morgan fingerprint density at radius 1 is 1.30 bits per heavy atom. The van der Waals surface area contributed by atoms with Crippen molar-refractivity contribution >= 4 is 35.0 Å². The molecule has 2 rings (SSSR count). The second-order valence-corrected chi connectivity index (χ2v) is 4.83.